The van der Waals surface area contributed by atoms with Gasteiger partial charge in [0, 0.05) is 55.1 Å². The Morgan fingerprint density at radius 3 is 2.54 bits per heavy atom. The highest BCUT2D eigenvalue weighted by molar-refractivity contribution is 6.06. The smallest absolute Gasteiger partial charge is 0.417 e. The highest BCUT2D eigenvalue weighted by atomic mass is 19.4. The molecule has 2 aromatic heterocycles. The number of aromatic nitrogens is 3. The molecule has 0 radical (unpaired) electrons. The Balaban J connectivity index is 1.50. The van der Waals surface area contributed by atoms with Gasteiger partial charge in [-0.2, -0.15) is 18.3 Å². The Hall–Kier alpha value is -4.51. The molecule has 0 saturated carbocycles. The fourth-order valence-corrected chi connectivity index (χ4v) is 4.86. The summed E-state index contributed by atoms with van der Waals surface area (Å²) in [7, 11) is 1.61. The molecule has 1 N–H and O–H groups in total. The highest BCUT2D eigenvalue weighted by Crippen LogP contribution is 2.37. The van der Waals surface area contributed by atoms with Crippen molar-refractivity contribution in [3.63, 3.8) is 0 Å². The number of hydrogen-bond donors (Lipinski definition) is 1. The third-order valence-corrected chi connectivity index (χ3v) is 6.78. The summed E-state index contributed by atoms with van der Waals surface area (Å²) in [6.07, 6.45) is -2.48. The number of alkyl halides is 3. The molecule has 8 nitrogen and oxygen atoms in total. The Bertz CT molecular complexity index is 1580. The van der Waals surface area contributed by atoms with Crippen LogP contribution in [0.25, 0.3) is 22.5 Å². The number of esters is 1. The van der Waals surface area contributed by atoms with Gasteiger partial charge in [-0.25, -0.2) is 0 Å². The van der Waals surface area contributed by atoms with Crippen LogP contribution in [0, 0.1) is 0 Å². The van der Waals surface area contributed by atoms with Gasteiger partial charge in [-0.3, -0.25) is 24.2 Å². The second-order valence-electron chi connectivity index (χ2n) is 9.71. The molecule has 3 heterocycles. The predicted octanol–water partition coefficient (Wildman–Crippen LogP) is 5.34. The van der Waals surface area contributed by atoms with Gasteiger partial charge in [0.2, 0.25) is 0 Å². The summed E-state index contributed by atoms with van der Waals surface area (Å²) in [5.41, 5.74) is 2.52. The fourth-order valence-electron chi connectivity index (χ4n) is 4.86. The number of hydrogen-bond acceptors (Lipinski definition) is 6. The van der Waals surface area contributed by atoms with Gasteiger partial charge in [0.15, 0.2) is 0 Å². The Morgan fingerprint density at radius 1 is 1.07 bits per heavy atom. The number of nitrogens with zero attached hydrogens (tertiary/aromatic N) is 4. The number of fused-ring (bicyclic) bond motifs is 1. The number of aryl methyl sites for hydroxylation is 1. The van der Waals surface area contributed by atoms with E-state index in [1.165, 1.54) is 16.8 Å². The van der Waals surface area contributed by atoms with Crippen molar-refractivity contribution in [2.45, 2.75) is 26.1 Å². The molecule has 0 spiro atoms. The zero-order valence-electron chi connectivity index (χ0n) is 22.5. The van der Waals surface area contributed by atoms with Crippen LogP contribution in [0.1, 0.15) is 34.1 Å². The normalized spacial score (nSPS) is 13.5. The van der Waals surface area contributed by atoms with Crippen molar-refractivity contribution in [3.8, 4) is 22.5 Å². The lowest BCUT2D eigenvalue weighted by atomic mass is 9.99. The van der Waals surface area contributed by atoms with Gasteiger partial charge in [0.1, 0.15) is 0 Å². The van der Waals surface area contributed by atoms with E-state index >= 15 is 0 Å². The minimum absolute atomic E-state index is 0.0410. The van der Waals surface area contributed by atoms with Gasteiger partial charge >= 0.3 is 12.1 Å². The van der Waals surface area contributed by atoms with Crippen molar-refractivity contribution < 1.29 is 27.5 Å². The van der Waals surface area contributed by atoms with E-state index in [0.29, 0.717) is 37.5 Å². The van der Waals surface area contributed by atoms with Gasteiger partial charge in [-0.15, -0.1) is 0 Å². The summed E-state index contributed by atoms with van der Waals surface area (Å²) in [5, 5.41) is 6.99. The van der Waals surface area contributed by atoms with Crippen LogP contribution in [0.4, 0.5) is 18.9 Å². The summed E-state index contributed by atoms with van der Waals surface area (Å²) in [6, 6.07) is 15.9. The summed E-state index contributed by atoms with van der Waals surface area (Å²) >= 11 is 0. The van der Waals surface area contributed by atoms with Crippen LogP contribution in [0.15, 0.2) is 66.9 Å². The average Bonchev–Trinajstić information content (AvgIpc) is 3.38. The van der Waals surface area contributed by atoms with Crippen LogP contribution in [-0.4, -0.2) is 51.2 Å². The Kier molecular flexibility index (Phi) is 7.89. The topological polar surface area (TPSA) is 89.4 Å². The van der Waals surface area contributed by atoms with E-state index in [0.717, 1.165) is 29.0 Å². The van der Waals surface area contributed by atoms with E-state index in [2.05, 4.69) is 10.4 Å². The lowest BCUT2D eigenvalue weighted by Gasteiger charge is -2.28. The van der Waals surface area contributed by atoms with E-state index < -0.39 is 17.6 Å². The lowest BCUT2D eigenvalue weighted by Crippen LogP contribution is -2.36. The number of carbonyl (C=O) groups excluding carboxylic acids is 2. The molecule has 0 aliphatic carbocycles. The number of anilines is 1. The number of amides is 1. The van der Waals surface area contributed by atoms with E-state index in [9.17, 15) is 22.8 Å². The zero-order valence-corrected chi connectivity index (χ0v) is 22.5. The zero-order chi connectivity index (χ0) is 29.1. The first-order valence-electron chi connectivity index (χ1n) is 13.1. The molecule has 41 heavy (non-hydrogen) atoms. The Labute approximate surface area is 234 Å². The first kappa shape index (κ1) is 28.0. The first-order valence-corrected chi connectivity index (χ1v) is 13.1. The van der Waals surface area contributed by atoms with E-state index in [1.54, 1.807) is 20.2 Å². The van der Waals surface area contributed by atoms with Crippen LogP contribution in [0.3, 0.4) is 0 Å². The third-order valence-electron chi connectivity index (χ3n) is 6.78. The molecule has 1 aliphatic heterocycles. The van der Waals surface area contributed by atoms with Crippen molar-refractivity contribution in [2.75, 3.05) is 25.0 Å². The maximum Gasteiger partial charge on any atom is 0.417 e. The Morgan fingerprint density at radius 2 is 1.85 bits per heavy atom. The molecule has 11 heteroatoms. The third kappa shape index (κ3) is 6.30. The van der Waals surface area contributed by atoms with Gasteiger partial charge in [0.05, 0.1) is 35.8 Å². The van der Waals surface area contributed by atoms with E-state index in [4.69, 9.17) is 9.72 Å². The van der Waals surface area contributed by atoms with Crippen LogP contribution < -0.4 is 5.32 Å². The van der Waals surface area contributed by atoms with Crippen molar-refractivity contribution >= 4 is 17.6 Å². The lowest BCUT2D eigenvalue weighted by molar-refractivity contribution is -0.144. The minimum Gasteiger partial charge on any atom is -0.465 e. The summed E-state index contributed by atoms with van der Waals surface area (Å²) in [5.74, 6) is -0.904. The number of halogens is 3. The number of ether oxygens (including phenoxy) is 1. The number of nitrogens with one attached hydrogen (secondary N) is 1. The molecular weight excluding hydrogens is 535 g/mol. The molecule has 0 atom stereocenters. The standard InChI is InChI=1S/C30H28F3N5O3/c1-3-41-27(39)18-38-14-12-24-21(17-38)16-26(28(34-24)19-7-5-4-6-8-19)35-29(40)20-9-10-23(30(31,32)33)22(15-20)25-11-13-37(2)36-25/h4-11,13,15-16H,3,12,14,17-18H2,1-2H3,(H,35,40). The first-order chi connectivity index (χ1) is 19.6. The second-order valence-corrected chi connectivity index (χ2v) is 9.71. The number of carbonyl (C=O) groups is 2. The highest BCUT2D eigenvalue weighted by Gasteiger charge is 2.35. The van der Waals surface area contributed by atoms with Crippen molar-refractivity contribution in [1.82, 2.24) is 19.7 Å². The fraction of sp³-hybridized carbons (Fsp3) is 0.267. The van der Waals surface area contributed by atoms with Crippen molar-refractivity contribution in [3.05, 3.63) is 89.2 Å². The molecule has 0 saturated heterocycles. The summed E-state index contributed by atoms with van der Waals surface area (Å²) < 4.78 is 47.9. The summed E-state index contributed by atoms with van der Waals surface area (Å²) in [4.78, 5) is 32.3. The van der Waals surface area contributed by atoms with Gasteiger partial charge in [0.25, 0.3) is 5.91 Å². The van der Waals surface area contributed by atoms with Gasteiger partial charge in [-0.05, 0) is 42.8 Å². The second kappa shape index (κ2) is 11.5. The minimum atomic E-state index is -4.62. The molecule has 0 bridgehead atoms. The molecular formula is C30H28F3N5O3. The molecule has 0 fully saturated rings. The number of pyridine rings is 1. The molecule has 2 aromatic carbocycles. The average molecular weight is 564 g/mol. The summed E-state index contributed by atoms with van der Waals surface area (Å²) in [6.45, 7) is 3.25. The molecule has 1 aliphatic rings. The quantitative estimate of drug-likeness (QED) is 0.306. The largest absolute Gasteiger partial charge is 0.465 e. The maximum absolute atomic E-state index is 13.8. The van der Waals surface area contributed by atoms with Crippen LogP contribution in [0.5, 0.6) is 0 Å². The van der Waals surface area contributed by atoms with E-state index in [-0.39, 0.29) is 29.3 Å². The van der Waals surface area contributed by atoms with Crippen molar-refractivity contribution in [1.29, 1.82) is 0 Å². The van der Waals surface area contributed by atoms with Crippen LogP contribution in [0.2, 0.25) is 0 Å². The molecule has 0 unspecified atom stereocenters. The predicted molar refractivity (Wildman–Crippen MR) is 147 cm³/mol. The SMILES string of the molecule is CCOC(=O)CN1CCc2nc(-c3ccccc3)c(NC(=O)c3ccc(C(F)(F)F)c(-c4ccn(C)n4)c3)cc2C1. The molecule has 212 valence electrons. The van der Waals surface area contributed by atoms with Gasteiger partial charge < -0.3 is 10.1 Å². The number of benzene rings is 2. The van der Waals surface area contributed by atoms with Crippen LogP contribution >= 0.6 is 0 Å². The van der Waals surface area contributed by atoms with Crippen molar-refractivity contribution in [2.24, 2.45) is 7.05 Å². The molecule has 1 amide bonds. The maximum atomic E-state index is 13.8. The molecule has 5 rings (SSSR count). The molecule has 4 aromatic rings. The van der Waals surface area contributed by atoms with Crippen LogP contribution in [-0.2, 0) is 35.7 Å². The van der Waals surface area contributed by atoms with Gasteiger partial charge in [-0.1, -0.05) is 30.3 Å². The van der Waals surface area contributed by atoms with E-state index in [1.807, 2.05) is 41.3 Å². The number of rotatable bonds is 7. The monoisotopic (exact) mass is 563 g/mol.